The number of amides is 1. The van der Waals surface area contributed by atoms with Crippen molar-refractivity contribution in [3.8, 4) is 11.3 Å². The summed E-state index contributed by atoms with van der Waals surface area (Å²) in [5.74, 6) is -0.0186. The van der Waals surface area contributed by atoms with Crippen molar-refractivity contribution in [3.05, 3.63) is 65.5 Å². The van der Waals surface area contributed by atoms with Gasteiger partial charge in [-0.2, -0.15) is 4.31 Å². The molecule has 2 aromatic carbocycles. The zero-order valence-corrected chi connectivity index (χ0v) is 25.7. The van der Waals surface area contributed by atoms with Crippen LogP contribution < -0.4 is 10.6 Å². The molecule has 12 heteroatoms. The Balaban J connectivity index is 1.74. The summed E-state index contributed by atoms with van der Waals surface area (Å²) in [6.07, 6.45) is -1.33. The first-order valence-corrected chi connectivity index (χ1v) is 15.9. The van der Waals surface area contributed by atoms with E-state index in [-0.39, 0.29) is 30.3 Å². The standard InChI is InChI=1S/C29H41N5O5S2/c1-21(2)18-34(19-27(35)25(32-29(36)37)17-22-9-6-5-7-10-22)41(38,39)24-13-11-23(12-14-24)26-20-40-28(31-26)30-15-8-16-33(3)4/h5-7,9-14,20-21,25,27,32,35H,8,15-19H2,1-4H3,(H,30,31)(H,36,37)/t25-,27+/m0/s1. The molecule has 10 nitrogen and oxygen atoms in total. The van der Waals surface area contributed by atoms with Gasteiger partial charge in [-0.15, -0.1) is 11.3 Å². The Morgan fingerprint density at radius 2 is 1.73 bits per heavy atom. The average Bonchev–Trinajstić information content (AvgIpc) is 3.39. The van der Waals surface area contributed by atoms with Gasteiger partial charge < -0.3 is 25.7 Å². The van der Waals surface area contributed by atoms with E-state index >= 15 is 0 Å². The van der Waals surface area contributed by atoms with Crippen LogP contribution in [0, 0.1) is 5.92 Å². The molecule has 1 aromatic heterocycles. The minimum atomic E-state index is -3.98. The number of benzene rings is 2. The Morgan fingerprint density at radius 1 is 1.05 bits per heavy atom. The van der Waals surface area contributed by atoms with Crippen molar-refractivity contribution < 1.29 is 23.4 Å². The molecule has 4 N–H and O–H groups in total. The monoisotopic (exact) mass is 603 g/mol. The first kappa shape index (κ1) is 32.5. The number of sulfonamides is 1. The zero-order valence-electron chi connectivity index (χ0n) is 24.0. The summed E-state index contributed by atoms with van der Waals surface area (Å²) < 4.78 is 28.6. The smallest absolute Gasteiger partial charge is 0.404 e. The van der Waals surface area contributed by atoms with E-state index in [1.807, 2.05) is 63.7 Å². The highest BCUT2D eigenvalue weighted by atomic mass is 32.2. The first-order valence-electron chi connectivity index (χ1n) is 13.6. The maximum atomic E-state index is 13.7. The van der Waals surface area contributed by atoms with Crippen LogP contribution in [0.4, 0.5) is 9.93 Å². The molecule has 0 saturated carbocycles. The summed E-state index contributed by atoms with van der Waals surface area (Å²) in [4.78, 5) is 18.3. The number of nitrogens with zero attached hydrogens (tertiary/aromatic N) is 3. The molecule has 0 unspecified atom stereocenters. The van der Waals surface area contributed by atoms with E-state index in [0.29, 0.717) is 0 Å². The molecule has 0 aliphatic heterocycles. The molecule has 1 heterocycles. The van der Waals surface area contributed by atoms with Gasteiger partial charge in [0.15, 0.2) is 5.13 Å². The maximum absolute atomic E-state index is 13.7. The van der Waals surface area contributed by atoms with Gasteiger partial charge in [0.2, 0.25) is 10.0 Å². The molecule has 0 aliphatic carbocycles. The fourth-order valence-corrected chi connectivity index (χ4v) is 6.72. The molecule has 224 valence electrons. The highest BCUT2D eigenvalue weighted by Crippen LogP contribution is 2.27. The molecule has 0 bridgehead atoms. The largest absolute Gasteiger partial charge is 0.465 e. The molecule has 0 fully saturated rings. The minimum Gasteiger partial charge on any atom is -0.465 e. The summed E-state index contributed by atoms with van der Waals surface area (Å²) in [5, 5.41) is 28.9. The SMILES string of the molecule is CC(C)CN(C[C@@H](O)[C@H](Cc1ccccc1)NC(=O)O)S(=O)(=O)c1ccc(-c2csc(NCCCN(C)C)n2)cc1. The Labute approximate surface area is 247 Å². The molecule has 0 saturated heterocycles. The molecule has 0 radical (unpaired) electrons. The van der Waals surface area contributed by atoms with Crippen molar-refractivity contribution in [1.82, 2.24) is 19.5 Å². The fraction of sp³-hybridized carbons (Fsp3) is 0.448. The molecule has 2 atom stereocenters. The number of rotatable bonds is 16. The third-order valence-corrected chi connectivity index (χ3v) is 9.03. The number of anilines is 1. The third-order valence-electron chi connectivity index (χ3n) is 6.38. The van der Waals surface area contributed by atoms with Gasteiger partial charge in [0.25, 0.3) is 0 Å². The lowest BCUT2D eigenvalue weighted by Crippen LogP contribution is -2.50. The lowest BCUT2D eigenvalue weighted by Gasteiger charge is -2.30. The summed E-state index contributed by atoms with van der Waals surface area (Å²) in [6.45, 7) is 5.49. The Kier molecular flexibility index (Phi) is 12.1. The van der Waals surface area contributed by atoms with Gasteiger partial charge in [0, 0.05) is 30.6 Å². The van der Waals surface area contributed by atoms with E-state index in [0.717, 1.165) is 41.5 Å². The van der Waals surface area contributed by atoms with Crippen molar-refractivity contribution in [1.29, 1.82) is 0 Å². The second-order valence-corrected chi connectivity index (χ2v) is 13.5. The number of aromatic nitrogens is 1. The zero-order chi connectivity index (χ0) is 30.0. The number of nitrogens with one attached hydrogen (secondary N) is 2. The predicted molar refractivity (Wildman–Crippen MR) is 164 cm³/mol. The van der Waals surface area contributed by atoms with Crippen molar-refractivity contribution >= 4 is 32.6 Å². The minimum absolute atomic E-state index is 0.0186. The molecule has 3 rings (SSSR count). The fourth-order valence-electron chi connectivity index (χ4n) is 4.35. The van der Waals surface area contributed by atoms with Gasteiger partial charge >= 0.3 is 6.09 Å². The number of hydrogen-bond acceptors (Lipinski definition) is 8. The molecule has 0 aliphatic rings. The maximum Gasteiger partial charge on any atom is 0.404 e. The van der Waals surface area contributed by atoms with Crippen LogP contribution in [-0.2, 0) is 16.4 Å². The van der Waals surface area contributed by atoms with Crippen LogP contribution in [0.3, 0.4) is 0 Å². The topological polar surface area (TPSA) is 135 Å². The van der Waals surface area contributed by atoms with Crippen molar-refractivity contribution in [3.63, 3.8) is 0 Å². The lowest BCUT2D eigenvalue weighted by atomic mass is 10.0. The molecular weight excluding hydrogens is 562 g/mol. The lowest BCUT2D eigenvalue weighted by molar-refractivity contribution is 0.0980. The summed E-state index contributed by atoms with van der Waals surface area (Å²) >= 11 is 1.50. The van der Waals surface area contributed by atoms with E-state index in [1.54, 1.807) is 24.3 Å². The van der Waals surface area contributed by atoms with Crippen molar-refractivity contribution in [2.45, 2.75) is 43.7 Å². The summed E-state index contributed by atoms with van der Waals surface area (Å²) in [5.41, 5.74) is 2.38. The predicted octanol–water partition coefficient (Wildman–Crippen LogP) is 4.06. The van der Waals surface area contributed by atoms with Crippen LogP contribution in [0.2, 0.25) is 0 Å². The highest BCUT2D eigenvalue weighted by molar-refractivity contribution is 7.89. The summed E-state index contributed by atoms with van der Waals surface area (Å²) in [7, 11) is 0.0956. The number of carboxylic acid groups (broad SMARTS) is 1. The van der Waals surface area contributed by atoms with Gasteiger partial charge in [-0.25, -0.2) is 18.2 Å². The van der Waals surface area contributed by atoms with Crippen LogP contribution in [0.15, 0.2) is 64.9 Å². The van der Waals surface area contributed by atoms with Gasteiger partial charge in [0.05, 0.1) is 22.7 Å². The Morgan fingerprint density at radius 3 is 2.34 bits per heavy atom. The van der Waals surface area contributed by atoms with Crippen LogP contribution >= 0.6 is 11.3 Å². The van der Waals surface area contributed by atoms with Gasteiger partial charge in [-0.3, -0.25) is 0 Å². The van der Waals surface area contributed by atoms with Crippen molar-refractivity contribution in [2.75, 3.05) is 45.6 Å². The van der Waals surface area contributed by atoms with E-state index in [9.17, 15) is 23.4 Å². The third kappa shape index (κ3) is 10.1. The highest BCUT2D eigenvalue weighted by Gasteiger charge is 2.31. The molecule has 0 spiro atoms. The molecule has 1 amide bonds. The molecular formula is C29H41N5O5S2. The normalized spacial score (nSPS) is 13.5. The van der Waals surface area contributed by atoms with Gasteiger partial charge in [-0.05, 0) is 57.1 Å². The number of aliphatic hydroxyl groups excluding tert-OH is 1. The molecule has 41 heavy (non-hydrogen) atoms. The van der Waals surface area contributed by atoms with Gasteiger partial charge in [0.1, 0.15) is 0 Å². The van der Waals surface area contributed by atoms with E-state index in [1.165, 1.54) is 15.6 Å². The number of hydrogen-bond donors (Lipinski definition) is 4. The Bertz CT molecular complexity index is 1330. The second kappa shape index (κ2) is 15.3. The quantitative estimate of drug-likeness (QED) is 0.180. The van der Waals surface area contributed by atoms with Gasteiger partial charge in [-0.1, -0.05) is 56.3 Å². The number of thiazole rings is 1. The van der Waals surface area contributed by atoms with E-state index in [2.05, 4.69) is 20.5 Å². The van der Waals surface area contributed by atoms with Crippen LogP contribution in [-0.4, -0.2) is 91.3 Å². The Hall–Kier alpha value is -3.03. The summed E-state index contributed by atoms with van der Waals surface area (Å²) in [6, 6.07) is 14.8. The van der Waals surface area contributed by atoms with E-state index < -0.39 is 28.3 Å². The average molecular weight is 604 g/mol. The van der Waals surface area contributed by atoms with Crippen LogP contribution in [0.5, 0.6) is 0 Å². The molecule has 3 aromatic rings. The van der Waals surface area contributed by atoms with E-state index in [4.69, 9.17) is 0 Å². The second-order valence-electron chi connectivity index (χ2n) is 10.7. The van der Waals surface area contributed by atoms with Crippen LogP contribution in [0.25, 0.3) is 11.3 Å². The number of aliphatic hydroxyl groups is 1. The van der Waals surface area contributed by atoms with Crippen molar-refractivity contribution in [2.24, 2.45) is 5.92 Å². The number of carbonyl (C=O) groups is 1. The van der Waals surface area contributed by atoms with Crippen LogP contribution in [0.1, 0.15) is 25.8 Å². The first-order chi connectivity index (χ1) is 19.5.